The number of hydrogen-bond donors (Lipinski definition) is 1. The number of ether oxygens (including phenoxy) is 4. The lowest BCUT2D eigenvalue weighted by Crippen LogP contribution is -2.70. The molecule has 14 heteroatoms. The number of benzene rings is 1. The minimum absolute atomic E-state index is 0.113. The van der Waals surface area contributed by atoms with E-state index in [1.54, 1.807) is 6.92 Å². The summed E-state index contributed by atoms with van der Waals surface area (Å²) in [6.07, 6.45) is -0.745. The van der Waals surface area contributed by atoms with Gasteiger partial charge in [0.1, 0.15) is 19.8 Å². The number of aliphatic hydroxyl groups is 1. The van der Waals surface area contributed by atoms with Gasteiger partial charge in [-0.2, -0.15) is 0 Å². The largest absolute Gasteiger partial charge is 0.515 e. The molecule has 1 N–H and O–H groups in total. The summed E-state index contributed by atoms with van der Waals surface area (Å²) in [5.74, 6) is -3.06. The van der Waals surface area contributed by atoms with Crippen LogP contribution in [0.1, 0.15) is 44.5 Å². The summed E-state index contributed by atoms with van der Waals surface area (Å²) in [5.41, 5.74) is 0.460. The smallest absolute Gasteiger partial charge is 0.458 e. The van der Waals surface area contributed by atoms with Crippen LogP contribution in [-0.4, -0.2) is 91.0 Å². The third-order valence-electron chi connectivity index (χ3n) is 8.42. The second-order valence-electron chi connectivity index (χ2n) is 12.8. The molecule has 4 atom stereocenters. The number of likely N-dealkylation sites (tertiary alicyclic amines) is 1. The zero-order chi connectivity index (χ0) is 36.0. The molecule has 0 saturated carbocycles. The lowest BCUT2D eigenvalue weighted by molar-refractivity contribution is -0.195. The number of esters is 1. The Labute approximate surface area is 280 Å². The van der Waals surface area contributed by atoms with E-state index in [1.165, 1.54) is 42.5 Å². The van der Waals surface area contributed by atoms with E-state index in [4.69, 9.17) is 23.4 Å². The summed E-state index contributed by atoms with van der Waals surface area (Å²) in [5, 5.41) is 11.0. The molecule has 0 aliphatic carbocycles. The van der Waals surface area contributed by atoms with Gasteiger partial charge in [-0.15, -0.1) is 0 Å². The van der Waals surface area contributed by atoms with Crippen LogP contribution in [0.25, 0.3) is 10.9 Å². The van der Waals surface area contributed by atoms with Gasteiger partial charge in [-0.1, -0.05) is 58.7 Å². The summed E-state index contributed by atoms with van der Waals surface area (Å²) in [6.45, 7) is 22.1. The van der Waals surface area contributed by atoms with Gasteiger partial charge in [0.2, 0.25) is 18.0 Å². The first-order chi connectivity index (χ1) is 22.5. The van der Waals surface area contributed by atoms with E-state index >= 15 is 0 Å². The predicted octanol–water partition coefficient (Wildman–Crippen LogP) is 5.37. The van der Waals surface area contributed by atoms with Crippen LogP contribution in [-0.2, 0) is 28.2 Å². The fourth-order valence-electron chi connectivity index (χ4n) is 5.05. The van der Waals surface area contributed by atoms with Crippen molar-refractivity contribution < 1.29 is 52.5 Å². The first-order valence-electron chi connectivity index (χ1n) is 15.4. The maximum atomic E-state index is 13.8. The van der Waals surface area contributed by atoms with Gasteiger partial charge in [-0.25, -0.2) is 19.0 Å². The molecule has 1 unspecified atom stereocenters. The number of nitrogens with zero attached hydrogens (tertiary/aromatic N) is 2. The molecule has 260 valence electrons. The first-order valence-corrected chi connectivity index (χ1v) is 18.3. The molecule has 1 aliphatic heterocycles. The molecule has 0 radical (unpaired) electrons. The predicted molar refractivity (Wildman–Crippen MR) is 179 cm³/mol. The van der Waals surface area contributed by atoms with Crippen molar-refractivity contribution in [3.8, 4) is 5.88 Å². The van der Waals surface area contributed by atoms with E-state index in [0.29, 0.717) is 5.39 Å². The molecule has 1 saturated heterocycles. The topological polar surface area (TPSA) is 160 Å². The quantitative estimate of drug-likeness (QED) is 0.0642. The van der Waals surface area contributed by atoms with Gasteiger partial charge < -0.3 is 33.4 Å². The first kappa shape index (κ1) is 37.9. The minimum atomic E-state index is -2.35. The Balaban J connectivity index is 1.97. The van der Waals surface area contributed by atoms with Gasteiger partial charge >= 0.3 is 18.2 Å². The highest BCUT2D eigenvalue weighted by Gasteiger charge is 2.56. The Morgan fingerprint density at radius 2 is 1.58 bits per heavy atom. The van der Waals surface area contributed by atoms with E-state index < -0.39 is 62.5 Å². The van der Waals surface area contributed by atoms with Crippen molar-refractivity contribution in [1.82, 2.24) is 9.47 Å². The number of hydrogen-bond acceptors (Lipinski definition) is 11. The molecule has 1 aromatic carbocycles. The van der Waals surface area contributed by atoms with Crippen molar-refractivity contribution in [2.45, 2.75) is 70.6 Å². The highest BCUT2D eigenvalue weighted by molar-refractivity contribution is 6.74. The van der Waals surface area contributed by atoms with Gasteiger partial charge in [0.15, 0.2) is 14.1 Å². The van der Waals surface area contributed by atoms with Gasteiger partial charge in [0.25, 0.3) is 0 Å². The molecular weight excluding hydrogens is 640 g/mol. The molecule has 1 amide bonds. The Bertz CT molecular complexity index is 1590. The Kier molecular flexibility index (Phi) is 12.3. The SMILES string of the molecule is C=CCOC(=O)Oc1cc2cc(C(=O)C[C@@H]3[C@@H]([C@@H](C)O[Si](C)(C)C(C)(C)C)C(=O)N3C(O)C(=O)OCC=C)ccc2n1C(=O)OCC=C. The fraction of sp³-hybridized carbons (Fsp3) is 0.441. The second-order valence-corrected chi connectivity index (χ2v) is 17.5. The third-order valence-corrected chi connectivity index (χ3v) is 13.0. The van der Waals surface area contributed by atoms with E-state index in [-0.39, 0.29) is 48.2 Å². The van der Waals surface area contributed by atoms with Crippen LogP contribution < -0.4 is 4.74 Å². The molecule has 3 rings (SSSR count). The van der Waals surface area contributed by atoms with Crippen LogP contribution in [0.2, 0.25) is 18.1 Å². The molecule has 2 heterocycles. The lowest BCUT2D eigenvalue weighted by atomic mass is 9.79. The van der Waals surface area contributed by atoms with Gasteiger partial charge in [0, 0.05) is 23.4 Å². The molecule has 1 fully saturated rings. The highest BCUT2D eigenvalue weighted by Crippen LogP contribution is 2.42. The number of rotatable bonds is 15. The van der Waals surface area contributed by atoms with Crippen LogP contribution in [0, 0.1) is 5.92 Å². The molecular formula is C34H44N2O11Si. The zero-order valence-electron chi connectivity index (χ0n) is 28.2. The number of carbonyl (C=O) groups excluding carboxylic acids is 5. The third kappa shape index (κ3) is 8.30. The molecule has 1 aromatic heterocycles. The van der Waals surface area contributed by atoms with Crippen LogP contribution in [0.15, 0.2) is 62.2 Å². The normalized spacial score (nSPS) is 17.5. The average molecular weight is 685 g/mol. The summed E-state index contributed by atoms with van der Waals surface area (Å²) >= 11 is 0. The van der Waals surface area contributed by atoms with Crippen LogP contribution in [0.3, 0.4) is 0 Å². The van der Waals surface area contributed by atoms with E-state index in [0.717, 1.165) is 9.47 Å². The van der Waals surface area contributed by atoms with Crippen molar-refractivity contribution in [3.63, 3.8) is 0 Å². The number of amides is 1. The molecule has 1 aliphatic rings. The van der Waals surface area contributed by atoms with E-state index in [9.17, 15) is 29.1 Å². The van der Waals surface area contributed by atoms with Gasteiger partial charge in [-0.05, 0) is 43.3 Å². The average Bonchev–Trinajstić information content (AvgIpc) is 3.37. The van der Waals surface area contributed by atoms with E-state index in [1.807, 2.05) is 13.1 Å². The van der Waals surface area contributed by atoms with Crippen molar-refractivity contribution in [2.24, 2.45) is 5.92 Å². The molecule has 2 aromatic rings. The standard InChI is InChI=1S/C34H44N2O11Si/c1-10-15-43-31(40)30(39)36-25(28(29(36)38)21(4)47-48(8,9)34(5,6)7)20-26(37)22-13-14-24-23(18-22)19-27(46-33(42)45-17-12-3)35(24)32(41)44-16-11-2/h10-14,18-19,21,25,28,30,39H,1-3,15-17,20H2,4-9H3/t21-,25-,28-,30?/m1/s1. The van der Waals surface area contributed by atoms with E-state index in [2.05, 4.69) is 40.5 Å². The Morgan fingerprint density at radius 3 is 2.19 bits per heavy atom. The van der Waals surface area contributed by atoms with Crippen LogP contribution in [0.5, 0.6) is 5.88 Å². The number of β-lactam (4-membered cyclic amide) rings is 1. The van der Waals surface area contributed by atoms with Crippen molar-refractivity contribution >= 4 is 49.1 Å². The second kappa shape index (κ2) is 15.6. The van der Waals surface area contributed by atoms with Gasteiger partial charge in [-0.3, -0.25) is 9.59 Å². The molecule has 0 bridgehead atoms. The Morgan fingerprint density at radius 1 is 0.979 bits per heavy atom. The zero-order valence-corrected chi connectivity index (χ0v) is 29.2. The summed E-state index contributed by atoms with van der Waals surface area (Å²) < 4.78 is 27.7. The minimum Gasteiger partial charge on any atom is -0.458 e. The summed E-state index contributed by atoms with van der Waals surface area (Å²) in [4.78, 5) is 65.8. The number of carbonyl (C=O) groups is 5. The van der Waals surface area contributed by atoms with Crippen LogP contribution in [0.4, 0.5) is 9.59 Å². The van der Waals surface area contributed by atoms with Crippen molar-refractivity contribution in [3.05, 3.63) is 67.8 Å². The Hall–Kier alpha value is -4.53. The highest BCUT2D eigenvalue weighted by atomic mass is 28.4. The van der Waals surface area contributed by atoms with Crippen LogP contribution >= 0.6 is 0 Å². The number of ketones is 1. The summed E-state index contributed by atoms with van der Waals surface area (Å²) in [6, 6.07) is 4.90. The number of aromatic nitrogens is 1. The summed E-state index contributed by atoms with van der Waals surface area (Å²) in [7, 11) is -2.35. The molecule has 48 heavy (non-hydrogen) atoms. The number of fused-ring (bicyclic) bond motifs is 1. The maximum Gasteiger partial charge on any atom is 0.515 e. The number of aliphatic hydroxyl groups excluding tert-OH is 1. The number of Topliss-reactive ketones (excluding diaryl/α,β-unsaturated/α-hetero) is 1. The molecule has 0 spiro atoms. The fourth-order valence-corrected chi connectivity index (χ4v) is 6.48. The lowest BCUT2D eigenvalue weighted by Gasteiger charge is -2.52. The monoisotopic (exact) mass is 684 g/mol. The molecule has 13 nitrogen and oxygen atoms in total. The van der Waals surface area contributed by atoms with Gasteiger partial charge in [0.05, 0.1) is 23.6 Å². The van der Waals surface area contributed by atoms with Crippen molar-refractivity contribution in [1.29, 1.82) is 0 Å². The maximum absolute atomic E-state index is 13.8. The van der Waals surface area contributed by atoms with Crippen molar-refractivity contribution in [2.75, 3.05) is 19.8 Å².